The summed E-state index contributed by atoms with van der Waals surface area (Å²) in [5.74, 6) is 0.671. The van der Waals surface area contributed by atoms with Crippen LogP contribution >= 0.6 is 11.5 Å². The number of hydrogen-bond acceptors (Lipinski definition) is 6. The molecule has 1 N–H and O–H groups in total. The average Bonchev–Trinajstić information content (AvgIpc) is 3.04. The highest BCUT2D eigenvalue weighted by atomic mass is 32.1. The number of nitrogens with one attached hydrogen (secondary N) is 1. The van der Waals surface area contributed by atoms with Gasteiger partial charge in [-0.1, -0.05) is 42.5 Å². The van der Waals surface area contributed by atoms with E-state index in [4.69, 9.17) is 0 Å². The van der Waals surface area contributed by atoms with Crippen LogP contribution in [-0.2, 0) is 0 Å². The van der Waals surface area contributed by atoms with Crippen LogP contribution in [0.3, 0.4) is 0 Å². The fraction of sp³-hybridized carbons (Fsp3) is 0.176. The second-order valence-corrected chi connectivity index (χ2v) is 6.21. The lowest BCUT2D eigenvalue weighted by Gasteiger charge is -2.13. The van der Waals surface area contributed by atoms with Gasteiger partial charge in [0.25, 0.3) is 5.69 Å². The summed E-state index contributed by atoms with van der Waals surface area (Å²) in [6.45, 7) is 3.68. The third kappa shape index (κ3) is 3.41. The molecule has 24 heavy (non-hydrogen) atoms. The summed E-state index contributed by atoms with van der Waals surface area (Å²) in [4.78, 5) is 15.2. The van der Waals surface area contributed by atoms with Gasteiger partial charge in [-0.05, 0) is 19.4 Å². The van der Waals surface area contributed by atoms with Crippen molar-refractivity contribution in [2.75, 3.05) is 5.32 Å². The summed E-state index contributed by atoms with van der Waals surface area (Å²) in [7, 11) is 0. The molecule has 0 bridgehead atoms. The molecule has 3 aromatic rings. The SMILES string of the molecule is Cc1ccc(C(C)Nc2nc(-c3ccccc3)ns2)cc1[N+](=O)[O-]. The van der Waals surface area contributed by atoms with Crippen molar-refractivity contribution in [3.63, 3.8) is 0 Å². The van der Waals surface area contributed by atoms with Crippen molar-refractivity contribution < 1.29 is 4.92 Å². The Morgan fingerprint density at radius 2 is 1.96 bits per heavy atom. The summed E-state index contributed by atoms with van der Waals surface area (Å²) in [6, 6.07) is 14.9. The predicted molar refractivity (Wildman–Crippen MR) is 95.2 cm³/mol. The van der Waals surface area contributed by atoms with Crippen molar-refractivity contribution >= 4 is 22.4 Å². The van der Waals surface area contributed by atoms with E-state index in [1.54, 1.807) is 19.1 Å². The summed E-state index contributed by atoms with van der Waals surface area (Å²) >= 11 is 1.27. The van der Waals surface area contributed by atoms with Crippen molar-refractivity contribution in [3.05, 3.63) is 69.8 Å². The van der Waals surface area contributed by atoms with E-state index in [0.29, 0.717) is 16.5 Å². The molecule has 1 unspecified atom stereocenters. The van der Waals surface area contributed by atoms with Crippen LogP contribution in [0.25, 0.3) is 11.4 Å². The topological polar surface area (TPSA) is 81.0 Å². The van der Waals surface area contributed by atoms with Crippen LogP contribution in [0, 0.1) is 17.0 Å². The number of nitrogens with zero attached hydrogens (tertiary/aromatic N) is 3. The van der Waals surface area contributed by atoms with Gasteiger partial charge in [-0.15, -0.1) is 0 Å². The molecule has 0 fully saturated rings. The van der Waals surface area contributed by atoms with Crippen LogP contribution in [0.5, 0.6) is 0 Å². The first-order chi connectivity index (χ1) is 11.5. The molecule has 0 radical (unpaired) electrons. The van der Waals surface area contributed by atoms with Crippen molar-refractivity contribution in [1.29, 1.82) is 0 Å². The zero-order chi connectivity index (χ0) is 17.1. The molecule has 0 amide bonds. The van der Waals surface area contributed by atoms with E-state index in [9.17, 15) is 10.1 Å². The highest BCUT2D eigenvalue weighted by Gasteiger charge is 2.15. The highest BCUT2D eigenvalue weighted by molar-refractivity contribution is 7.09. The average molecular weight is 340 g/mol. The minimum Gasteiger partial charge on any atom is -0.354 e. The molecule has 3 rings (SSSR count). The molecule has 1 atom stereocenters. The number of aromatic nitrogens is 2. The number of benzene rings is 2. The van der Waals surface area contributed by atoms with Gasteiger partial charge in [0, 0.05) is 28.7 Å². The van der Waals surface area contributed by atoms with Crippen LogP contribution in [0.4, 0.5) is 10.8 Å². The monoisotopic (exact) mass is 340 g/mol. The summed E-state index contributed by atoms with van der Waals surface area (Å²) in [6.07, 6.45) is 0. The lowest BCUT2D eigenvalue weighted by atomic mass is 10.1. The normalized spacial score (nSPS) is 11.9. The Balaban J connectivity index is 1.78. The second-order valence-electron chi connectivity index (χ2n) is 5.46. The molecule has 122 valence electrons. The van der Waals surface area contributed by atoms with Crippen LogP contribution in [-0.4, -0.2) is 14.3 Å². The van der Waals surface area contributed by atoms with Crippen LogP contribution in [0.2, 0.25) is 0 Å². The summed E-state index contributed by atoms with van der Waals surface area (Å²) in [5.41, 5.74) is 2.57. The van der Waals surface area contributed by atoms with E-state index in [-0.39, 0.29) is 16.7 Å². The Bertz CT molecular complexity index is 864. The molecule has 7 heteroatoms. The fourth-order valence-electron chi connectivity index (χ4n) is 2.35. The maximum Gasteiger partial charge on any atom is 0.272 e. The minimum absolute atomic E-state index is 0.110. The summed E-state index contributed by atoms with van der Waals surface area (Å²) in [5, 5.41) is 15.0. The number of anilines is 1. The molecule has 1 heterocycles. The third-order valence-electron chi connectivity index (χ3n) is 3.73. The molecular formula is C17H16N4O2S. The molecule has 1 aromatic heterocycles. The lowest BCUT2D eigenvalue weighted by Crippen LogP contribution is -2.07. The van der Waals surface area contributed by atoms with Crippen molar-refractivity contribution in [2.24, 2.45) is 0 Å². The van der Waals surface area contributed by atoms with Crippen LogP contribution < -0.4 is 5.32 Å². The Kier molecular flexibility index (Phi) is 4.52. The van der Waals surface area contributed by atoms with Crippen LogP contribution in [0.1, 0.15) is 24.1 Å². The number of rotatable bonds is 5. The van der Waals surface area contributed by atoms with E-state index >= 15 is 0 Å². The van der Waals surface area contributed by atoms with Gasteiger partial charge in [0.05, 0.1) is 11.0 Å². The largest absolute Gasteiger partial charge is 0.354 e. The first-order valence-electron chi connectivity index (χ1n) is 7.45. The van der Waals surface area contributed by atoms with Gasteiger partial charge in [-0.2, -0.15) is 9.36 Å². The van der Waals surface area contributed by atoms with Crippen molar-refractivity contribution in [1.82, 2.24) is 9.36 Å². The van der Waals surface area contributed by atoms with E-state index in [0.717, 1.165) is 11.1 Å². The molecule has 0 aliphatic rings. The second kappa shape index (κ2) is 6.76. The Morgan fingerprint density at radius 1 is 1.21 bits per heavy atom. The van der Waals surface area contributed by atoms with E-state index in [1.165, 1.54) is 11.5 Å². The summed E-state index contributed by atoms with van der Waals surface area (Å²) < 4.78 is 4.35. The maximum absolute atomic E-state index is 11.1. The third-order valence-corrected chi connectivity index (χ3v) is 4.37. The van der Waals surface area contributed by atoms with E-state index in [1.807, 2.05) is 43.3 Å². The Morgan fingerprint density at radius 3 is 2.67 bits per heavy atom. The van der Waals surface area contributed by atoms with E-state index < -0.39 is 0 Å². The van der Waals surface area contributed by atoms with E-state index in [2.05, 4.69) is 14.7 Å². The van der Waals surface area contributed by atoms with Gasteiger partial charge in [-0.25, -0.2) is 0 Å². The Hall–Kier alpha value is -2.80. The Labute approximate surface area is 143 Å². The highest BCUT2D eigenvalue weighted by Crippen LogP contribution is 2.27. The molecule has 0 spiro atoms. The van der Waals surface area contributed by atoms with Crippen LogP contribution in [0.15, 0.2) is 48.5 Å². The standard InChI is InChI=1S/C17H16N4O2S/c1-11-8-9-14(10-15(11)21(22)23)12(2)18-17-19-16(20-24-17)13-6-4-3-5-7-13/h3-10,12H,1-2H3,(H,18,19,20). The van der Waals surface area contributed by atoms with Gasteiger partial charge in [0.1, 0.15) is 0 Å². The minimum atomic E-state index is -0.357. The fourth-order valence-corrected chi connectivity index (χ4v) is 3.02. The predicted octanol–water partition coefficient (Wildman–Crippen LogP) is 4.59. The molecule has 0 aliphatic heterocycles. The number of nitro benzene ring substituents is 1. The van der Waals surface area contributed by atoms with Gasteiger partial charge in [0.15, 0.2) is 5.82 Å². The first kappa shape index (κ1) is 16.1. The molecule has 2 aromatic carbocycles. The molecular weight excluding hydrogens is 324 g/mol. The zero-order valence-corrected chi connectivity index (χ0v) is 14.1. The van der Waals surface area contributed by atoms with Gasteiger partial charge in [-0.3, -0.25) is 10.1 Å². The zero-order valence-electron chi connectivity index (χ0n) is 13.3. The number of aryl methyl sites for hydroxylation is 1. The molecule has 0 saturated heterocycles. The van der Waals surface area contributed by atoms with Gasteiger partial charge in [0.2, 0.25) is 5.13 Å². The van der Waals surface area contributed by atoms with Gasteiger partial charge < -0.3 is 5.32 Å². The smallest absolute Gasteiger partial charge is 0.272 e. The lowest BCUT2D eigenvalue weighted by molar-refractivity contribution is -0.385. The first-order valence-corrected chi connectivity index (χ1v) is 8.22. The number of hydrogen-bond donors (Lipinski definition) is 1. The molecule has 6 nitrogen and oxygen atoms in total. The van der Waals surface area contributed by atoms with Crippen molar-refractivity contribution in [2.45, 2.75) is 19.9 Å². The van der Waals surface area contributed by atoms with Gasteiger partial charge >= 0.3 is 0 Å². The van der Waals surface area contributed by atoms with Crippen molar-refractivity contribution in [3.8, 4) is 11.4 Å². The number of nitro groups is 1. The molecule has 0 aliphatic carbocycles. The maximum atomic E-state index is 11.1. The molecule has 0 saturated carbocycles. The quantitative estimate of drug-likeness (QED) is 0.542.